The molecule has 0 saturated heterocycles. The zero-order valence-electron chi connectivity index (χ0n) is 16.7. The van der Waals surface area contributed by atoms with Crippen LogP contribution in [0.3, 0.4) is 0 Å². The number of hydrogen-bond acceptors (Lipinski definition) is 1. The molecule has 0 heterocycles. The first-order chi connectivity index (χ1) is 11.9. The van der Waals surface area contributed by atoms with Crippen molar-refractivity contribution >= 4 is 5.78 Å². The quantitative estimate of drug-likeness (QED) is 0.537. The topological polar surface area (TPSA) is 17.1 Å². The van der Waals surface area contributed by atoms with Gasteiger partial charge >= 0.3 is 0 Å². The SMILES string of the molecule is CCC[C@@H](C)C1=CC[C@H]2[C@@H]3CCC4=CC(=O)CC[C@]4(C)[C@H]3CC[C@]12C. The molecule has 0 aromatic heterocycles. The first-order valence-electron chi connectivity index (χ1n) is 10.8. The van der Waals surface area contributed by atoms with Gasteiger partial charge in [0.05, 0.1) is 0 Å². The maximum Gasteiger partial charge on any atom is 0.155 e. The predicted octanol–water partition coefficient (Wildman–Crippen LogP) is 6.49. The molecule has 0 spiro atoms. The minimum Gasteiger partial charge on any atom is -0.295 e. The highest BCUT2D eigenvalue weighted by Crippen LogP contribution is 2.66. The highest BCUT2D eigenvalue weighted by atomic mass is 16.1. The Kier molecular flexibility index (Phi) is 4.28. The van der Waals surface area contributed by atoms with Crippen molar-refractivity contribution in [3.8, 4) is 0 Å². The van der Waals surface area contributed by atoms with Gasteiger partial charge in [0.25, 0.3) is 0 Å². The number of rotatable bonds is 3. The molecule has 2 saturated carbocycles. The molecule has 0 aromatic carbocycles. The van der Waals surface area contributed by atoms with E-state index in [0.717, 1.165) is 36.5 Å². The Morgan fingerprint density at radius 3 is 2.68 bits per heavy atom. The van der Waals surface area contributed by atoms with Crippen LogP contribution in [0, 0.1) is 34.5 Å². The summed E-state index contributed by atoms with van der Waals surface area (Å²) in [5, 5.41) is 0. The molecule has 1 nitrogen and oxygen atoms in total. The van der Waals surface area contributed by atoms with Crippen LogP contribution in [0.2, 0.25) is 0 Å². The summed E-state index contributed by atoms with van der Waals surface area (Å²) in [6.07, 6.45) is 15.8. The Labute approximate surface area is 154 Å². The molecule has 0 aliphatic heterocycles. The van der Waals surface area contributed by atoms with E-state index in [1.807, 2.05) is 6.08 Å². The zero-order chi connectivity index (χ0) is 17.8. The number of carbonyl (C=O) groups excluding carboxylic acids is 1. The van der Waals surface area contributed by atoms with Crippen molar-refractivity contribution in [1.29, 1.82) is 0 Å². The Morgan fingerprint density at radius 1 is 1.12 bits per heavy atom. The third-order valence-corrected chi connectivity index (χ3v) is 8.86. The van der Waals surface area contributed by atoms with Crippen LogP contribution in [0.1, 0.15) is 85.5 Å². The maximum atomic E-state index is 11.9. The monoisotopic (exact) mass is 340 g/mol. The third-order valence-electron chi connectivity index (χ3n) is 8.86. The van der Waals surface area contributed by atoms with E-state index in [1.54, 1.807) is 5.57 Å². The molecular weight excluding hydrogens is 304 g/mol. The van der Waals surface area contributed by atoms with E-state index in [-0.39, 0.29) is 0 Å². The molecule has 138 valence electrons. The molecule has 6 atom stereocenters. The molecule has 0 unspecified atom stereocenters. The van der Waals surface area contributed by atoms with Crippen LogP contribution in [-0.2, 0) is 4.79 Å². The van der Waals surface area contributed by atoms with Gasteiger partial charge in [-0.2, -0.15) is 0 Å². The zero-order valence-corrected chi connectivity index (χ0v) is 16.7. The van der Waals surface area contributed by atoms with Crippen molar-refractivity contribution in [3.05, 3.63) is 23.3 Å². The Hall–Kier alpha value is -0.850. The number of carbonyl (C=O) groups is 1. The van der Waals surface area contributed by atoms with Gasteiger partial charge < -0.3 is 0 Å². The molecule has 4 rings (SSSR count). The van der Waals surface area contributed by atoms with E-state index in [1.165, 1.54) is 50.5 Å². The molecule has 4 aliphatic rings. The van der Waals surface area contributed by atoms with Crippen LogP contribution in [0.4, 0.5) is 0 Å². The summed E-state index contributed by atoms with van der Waals surface area (Å²) in [6, 6.07) is 0. The molecule has 25 heavy (non-hydrogen) atoms. The van der Waals surface area contributed by atoms with Gasteiger partial charge in [-0.15, -0.1) is 0 Å². The third kappa shape index (κ3) is 2.52. The fraction of sp³-hybridized carbons (Fsp3) is 0.792. The molecule has 0 aromatic rings. The van der Waals surface area contributed by atoms with Gasteiger partial charge in [-0.3, -0.25) is 4.79 Å². The second-order valence-electron chi connectivity index (χ2n) is 10.0. The lowest BCUT2D eigenvalue weighted by Crippen LogP contribution is -2.50. The average Bonchev–Trinajstić information content (AvgIpc) is 2.93. The van der Waals surface area contributed by atoms with E-state index in [2.05, 4.69) is 33.8 Å². The molecule has 0 bridgehead atoms. The molecule has 0 N–H and O–H groups in total. The molecule has 2 fully saturated rings. The highest BCUT2D eigenvalue weighted by molar-refractivity contribution is 5.91. The van der Waals surface area contributed by atoms with Crippen LogP contribution in [0.5, 0.6) is 0 Å². The van der Waals surface area contributed by atoms with E-state index in [4.69, 9.17) is 0 Å². The van der Waals surface area contributed by atoms with Gasteiger partial charge in [-0.1, -0.05) is 51.3 Å². The van der Waals surface area contributed by atoms with Crippen LogP contribution in [0.15, 0.2) is 23.3 Å². The standard InChI is InChI=1S/C24H36O/c1-5-6-16(2)20-9-10-21-19-8-7-17-15-18(25)11-13-23(17,3)22(19)12-14-24(20,21)4/h9,15-16,19,21-22H,5-8,10-14H2,1-4H3/t16-,19+,21+,22+,23+,24-/m1/s1. The summed E-state index contributed by atoms with van der Waals surface area (Å²) in [5.74, 6) is 3.68. The van der Waals surface area contributed by atoms with Gasteiger partial charge in [0, 0.05) is 6.42 Å². The normalized spacial score (nSPS) is 44.3. The predicted molar refractivity (Wildman–Crippen MR) is 104 cm³/mol. The second-order valence-corrected chi connectivity index (χ2v) is 10.0. The van der Waals surface area contributed by atoms with Crippen LogP contribution in [0.25, 0.3) is 0 Å². The smallest absolute Gasteiger partial charge is 0.155 e. The van der Waals surface area contributed by atoms with Crippen molar-refractivity contribution in [2.45, 2.75) is 85.5 Å². The molecular formula is C24H36O. The minimum absolute atomic E-state index is 0.315. The summed E-state index contributed by atoms with van der Waals surface area (Å²) in [4.78, 5) is 11.9. The van der Waals surface area contributed by atoms with Crippen molar-refractivity contribution in [2.24, 2.45) is 34.5 Å². The molecule has 4 aliphatic carbocycles. The van der Waals surface area contributed by atoms with Crippen LogP contribution >= 0.6 is 0 Å². The fourth-order valence-electron chi connectivity index (χ4n) is 7.51. The van der Waals surface area contributed by atoms with E-state index < -0.39 is 0 Å². The summed E-state index contributed by atoms with van der Waals surface area (Å²) in [5.41, 5.74) is 4.07. The first kappa shape index (κ1) is 17.6. The number of fused-ring (bicyclic) bond motifs is 5. The van der Waals surface area contributed by atoms with E-state index in [0.29, 0.717) is 16.6 Å². The minimum atomic E-state index is 0.315. The van der Waals surface area contributed by atoms with Crippen LogP contribution < -0.4 is 0 Å². The average molecular weight is 341 g/mol. The van der Waals surface area contributed by atoms with Crippen molar-refractivity contribution in [1.82, 2.24) is 0 Å². The highest BCUT2D eigenvalue weighted by Gasteiger charge is 2.57. The number of allylic oxidation sites excluding steroid dienone is 4. The molecule has 1 heteroatoms. The van der Waals surface area contributed by atoms with E-state index in [9.17, 15) is 4.79 Å². The van der Waals surface area contributed by atoms with Crippen molar-refractivity contribution < 1.29 is 4.79 Å². The van der Waals surface area contributed by atoms with E-state index >= 15 is 0 Å². The summed E-state index contributed by atoms with van der Waals surface area (Å²) < 4.78 is 0. The lowest BCUT2D eigenvalue weighted by Gasteiger charge is -2.58. The number of ketones is 1. The van der Waals surface area contributed by atoms with Gasteiger partial charge in [-0.05, 0) is 85.5 Å². The van der Waals surface area contributed by atoms with Crippen molar-refractivity contribution in [2.75, 3.05) is 0 Å². The fourth-order valence-corrected chi connectivity index (χ4v) is 7.51. The first-order valence-corrected chi connectivity index (χ1v) is 10.8. The Bertz CT molecular complexity index is 626. The van der Waals surface area contributed by atoms with Crippen LogP contribution in [-0.4, -0.2) is 5.78 Å². The Balaban J connectivity index is 1.61. The van der Waals surface area contributed by atoms with Gasteiger partial charge in [0.1, 0.15) is 0 Å². The maximum absolute atomic E-state index is 11.9. The number of hydrogen-bond donors (Lipinski definition) is 0. The van der Waals surface area contributed by atoms with Gasteiger partial charge in [-0.25, -0.2) is 0 Å². The molecule has 0 amide bonds. The van der Waals surface area contributed by atoms with Gasteiger partial charge in [0.2, 0.25) is 0 Å². The summed E-state index contributed by atoms with van der Waals surface area (Å²) >= 11 is 0. The summed E-state index contributed by atoms with van der Waals surface area (Å²) in [7, 11) is 0. The lowest BCUT2D eigenvalue weighted by atomic mass is 9.46. The summed E-state index contributed by atoms with van der Waals surface area (Å²) in [6.45, 7) is 9.87. The lowest BCUT2D eigenvalue weighted by molar-refractivity contribution is -0.117. The van der Waals surface area contributed by atoms with Crippen molar-refractivity contribution in [3.63, 3.8) is 0 Å². The molecule has 0 radical (unpaired) electrons. The largest absolute Gasteiger partial charge is 0.295 e. The Morgan fingerprint density at radius 2 is 1.92 bits per heavy atom. The second kappa shape index (κ2) is 6.10. The van der Waals surface area contributed by atoms with Gasteiger partial charge in [0.15, 0.2) is 5.78 Å².